The van der Waals surface area contributed by atoms with Crippen LogP contribution in [0.3, 0.4) is 0 Å². The van der Waals surface area contributed by atoms with Crippen molar-refractivity contribution in [3.63, 3.8) is 0 Å². The molecule has 0 aliphatic carbocycles. The molecular formula is C13H17ClN4. The van der Waals surface area contributed by atoms with Crippen molar-refractivity contribution in [2.75, 3.05) is 0 Å². The van der Waals surface area contributed by atoms with Gasteiger partial charge in [0.25, 0.3) is 0 Å². The highest BCUT2D eigenvalue weighted by atomic mass is 35.5. The lowest BCUT2D eigenvalue weighted by molar-refractivity contribution is 0.576. The topological polar surface area (TPSA) is 42.7 Å². The Labute approximate surface area is 112 Å². The summed E-state index contributed by atoms with van der Waals surface area (Å²) in [7, 11) is 0. The van der Waals surface area contributed by atoms with E-state index in [4.69, 9.17) is 11.6 Å². The fraction of sp³-hybridized carbons (Fsp3) is 0.385. The number of aryl methyl sites for hydroxylation is 2. The summed E-state index contributed by atoms with van der Waals surface area (Å²) in [6, 6.07) is 5.89. The fourth-order valence-electron chi connectivity index (χ4n) is 1.85. The van der Waals surface area contributed by atoms with E-state index in [1.165, 1.54) is 0 Å². The highest BCUT2D eigenvalue weighted by Crippen LogP contribution is 2.19. The van der Waals surface area contributed by atoms with Crippen molar-refractivity contribution in [2.24, 2.45) is 0 Å². The van der Waals surface area contributed by atoms with Gasteiger partial charge in [-0.05, 0) is 26.0 Å². The predicted octanol–water partition coefficient (Wildman–Crippen LogP) is 2.55. The lowest BCUT2D eigenvalue weighted by Crippen LogP contribution is -2.17. The molecule has 96 valence electrons. The summed E-state index contributed by atoms with van der Waals surface area (Å²) >= 11 is 6.24. The lowest BCUT2D eigenvalue weighted by atomic mass is 10.3. The van der Waals surface area contributed by atoms with E-state index in [-0.39, 0.29) is 0 Å². The molecule has 4 nitrogen and oxygen atoms in total. The summed E-state index contributed by atoms with van der Waals surface area (Å²) in [5.41, 5.74) is 2.94. The minimum Gasteiger partial charge on any atom is -0.305 e. The van der Waals surface area contributed by atoms with Gasteiger partial charge in [0.05, 0.1) is 22.1 Å². The molecule has 0 atom stereocenters. The molecule has 0 spiro atoms. The average Bonchev–Trinajstić information content (AvgIpc) is 2.67. The Balaban J connectivity index is 1.98. The Hall–Kier alpha value is -1.39. The molecule has 2 aromatic rings. The maximum atomic E-state index is 6.24. The van der Waals surface area contributed by atoms with Crippen LogP contribution in [-0.2, 0) is 19.6 Å². The second-order valence-corrected chi connectivity index (χ2v) is 4.46. The zero-order chi connectivity index (χ0) is 13.0. The quantitative estimate of drug-likeness (QED) is 0.903. The van der Waals surface area contributed by atoms with Crippen molar-refractivity contribution < 1.29 is 0 Å². The van der Waals surface area contributed by atoms with Gasteiger partial charge >= 0.3 is 0 Å². The van der Waals surface area contributed by atoms with E-state index in [1.54, 1.807) is 6.20 Å². The SMILES string of the molecule is CCn1nc(C)c(Cl)c1CNCc1ccccn1. The standard InChI is InChI=1S/C13H17ClN4/c1-3-18-12(13(14)10(2)17-18)9-15-8-11-6-4-5-7-16-11/h4-7,15H,3,8-9H2,1-2H3. The molecule has 0 amide bonds. The van der Waals surface area contributed by atoms with E-state index in [0.717, 1.165) is 35.2 Å². The summed E-state index contributed by atoms with van der Waals surface area (Å²) in [6.45, 7) is 6.24. The van der Waals surface area contributed by atoms with Crippen molar-refractivity contribution >= 4 is 11.6 Å². The lowest BCUT2D eigenvalue weighted by Gasteiger charge is -2.07. The highest BCUT2D eigenvalue weighted by Gasteiger charge is 2.11. The van der Waals surface area contributed by atoms with Crippen molar-refractivity contribution in [1.29, 1.82) is 0 Å². The second kappa shape index (κ2) is 5.98. The van der Waals surface area contributed by atoms with E-state index in [1.807, 2.05) is 29.8 Å². The third-order valence-corrected chi connectivity index (χ3v) is 3.27. The largest absolute Gasteiger partial charge is 0.305 e. The molecule has 0 aromatic carbocycles. The number of rotatable bonds is 5. The van der Waals surface area contributed by atoms with Gasteiger partial charge in [-0.3, -0.25) is 9.67 Å². The highest BCUT2D eigenvalue weighted by molar-refractivity contribution is 6.31. The Morgan fingerprint density at radius 3 is 2.83 bits per heavy atom. The molecule has 0 unspecified atom stereocenters. The Morgan fingerprint density at radius 1 is 1.33 bits per heavy atom. The van der Waals surface area contributed by atoms with Crippen LogP contribution in [0.1, 0.15) is 24.0 Å². The maximum absolute atomic E-state index is 6.24. The molecule has 18 heavy (non-hydrogen) atoms. The predicted molar refractivity (Wildman–Crippen MR) is 72.4 cm³/mol. The second-order valence-electron chi connectivity index (χ2n) is 4.09. The smallest absolute Gasteiger partial charge is 0.0860 e. The molecule has 0 aliphatic heterocycles. The third kappa shape index (κ3) is 2.89. The minimum absolute atomic E-state index is 0.698. The number of hydrogen-bond acceptors (Lipinski definition) is 3. The first-order valence-corrected chi connectivity index (χ1v) is 6.42. The Kier molecular flexibility index (Phi) is 4.33. The summed E-state index contributed by atoms with van der Waals surface area (Å²) in [6.07, 6.45) is 1.80. The van der Waals surface area contributed by atoms with E-state index in [2.05, 4.69) is 22.3 Å². The minimum atomic E-state index is 0.698. The van der Waals surface area contributed by atoms with Gasteiger partial charge in [-0.25, -0.2) is 0 Å². The van der Waals surface area contributed by atoms with Crippen LogP contribution in [0.15, 0.2) is 24.4 Å². The molecule has 0 aliphatic rings. The number of hydrogen-bond donors (Lipinski definition) is 1. The van der Waals surface area contributed by atoms with Gasteiger partial charge in [0, 0.05) is 25.8 Å². The first-order chi connectivity index (χ1) is 8.72. The Morgan fingerprint density at radius 2 is 2.17 bits per heavy atom. The van der Waals surface area contributed by atoms with Gasteiger partial charge in [-0.2, -0.15) is 5.10 Å². The van der Waals surface area contributed by atoms with Crippen LogP contribution in [0.4, 0.5) is 0 Å². The van der Waals surface area contributed by atoms with Crippen molar-refractivity contribution in [3.8, 4) is 0 Å². The van der Waals surface area contributed by atoms with Crippen LogP contribution in [0.5, 0.6) is 0 Å². The number of pyridine rings is 1. The van der Waals surface area contributed by atoms with Crippen LogP contribution in [-0.4, -0.2) is 14.8 Å². The van der Waals surface area contributed by atoms with Crippen LogP contribution in [0.2, 0.25) is 5.02 Å². The number of halogens is 1. The Bertz CT molecular complexity index is 507. The van der Waals surface area contributed by atoms with Gasteiger partial charge in [0.2, 0.25) is 0 Å². The number of aromatic nitrogens is 3. The average molecular weight is 265 g/mol. The summed E-state index contributed by atoms with van der Waals surface area (Å²) < 4.78 is 1.93. The molecular weight excluding hydrogens is 248 g/mol. The summed E-state index contributed by atoms with van der Waals surface area (Å²) in [5, 5.41) is 8.48. The van der Waals surface area contributed by atoms with Crippen LogP contribution >= 0.6 is 11.6 Å². The molecule has 2 rings (SSSR count). The zero-order valence-electron chi connectivity index (χ0n) is 10.7. The number of nitrogens with one attached hydrogen (secondary N) is 1. The van der Waals surface area contributed by atoms with E-state index < -0.39 is 0 Å². The molecule has 0 fully saturated rings. The van der Waals surface area contributed by atoms with Crippen LogP contribution in [0.25, 0.3) is 0 Å². The van der Waals surface area contributed by atoms with E-state index in [0.29, 0.717) is 6.54 Å². The molecule has 0 bridgehead atoms. The first-order valence-electron chi connectivity index (χ1n) is 6.04. The van der Waals surface area contributed by atoms with Crippen LogP contribution < -0.4 is 5.32 Å². The monoisotopic (exact) mass is 264 g/mol. The summed E-state index contributed by atoms with van der Waals surface area (Å²) in [5.74, 6) is 0. The molecule has 1 N–H and O–H groups in total. The van der Waals surface area contributed by atoms with Crippen molar-refractivity contribution in [1.82, 2.24) is 20.1 Å². The molecule has 5 heteroatoms. The molecule has 2 heterocycles. The molecule has 0 saturated heterocycles. The normalized spacial score (nSPS) is 10.8. The van der Waals surface area contributed by atoms with E-state index in [9.17, 15) is 0 Å². The van der Waals surface area contributed by atoms with Gasteiger partial charge in [0.1, 0.15) is 0 Å². The molecule has 2 aromatic heterocycles. The van der Waals surface area contributed by atoms with Gasteiger partial charge in [-0.15, -0.1) is 0 Å². The molecule has 0 saturated carbocycles. The third-order valence-electron chi connectivity index (χ3n) is 2.78. The van der Waals surface area contributed by atoms with Crippen molar-refractivity contribution in [2.45, 2.75) is 33.5 Å². The number of nitrogens with zero attached hydrogens (tertiary/aromatic N) is 3. The van der Waals surface area contributed by atoms with Gasteiger partial charge in [-0.1, -0.05) is 17.7 Å². The first kappa shape index (κ1) is 13.1. The summed E-state index contributed by atoms with van der Waals surface area (Å²) in [4.78, 5) is 4.26. The fourth-order valence-corrected chi connectivity index (χ4v) is 2.05. The van der Waals surface area contributed by atoms with Crippen LogP contribution in [0, 0.1) is 6.92 Å². The van der Waals surface area contributed by atoms with Gasteiger partial charge in [0.15, 0.2) is 0 Å². The zero-order valence-corrected chi connectivity index (χ0v) is 11.4. The van der Waals surface area contributed by atoms with E-state index >= 15 is 0 Å². The molecule has 0 radical (unpaired) electrons. The maximum Gasteiger partial charge on any atom is 0.0860 e. The van der Waals surface area contributed by atoms with Crippen molar-refractivity contribution in [3.05, 3.63) is 46.5 Å². The van der Waals surface area contributed by atoms with Gasteiger partial charge < -0.3 is 5.32 Å².